The molecule has 0 aliphatic heterocycles. The number of hydrogen-bond donors (Lipinski definition) is 2. The molecule has 1 aromatic carbocycles. The summed E-state index contributed by atoms with van der Waals surface area (Å²) in [4.78, 5) is 6.58. The van der Waals surface area contributed by atoms with E-state index >= 15 is 0 Å². The topological polar surface area (TPSA) is 62.4 Å². The van der Waals surface area contributed by atoms with Crippen molar-refractivity contribution in [2.75, 3.05) is 30.3 Å². The Morgan fingerprint density at radius 1 is 1.50 bits per heavy atom. The first-order valence-electron chi connectivity index (χ1n) is 5.26. The van der Waals surface area contributed by atoms with Crippen LogP contribution in [0.4, 0.5) is 10.8 Å². The fraction of sp³-hybridized carbons (Fsp3) is 0.364. The van der Waals surface area contributed by atoms with Crippen LogP contribution < -0.4 is 10.6 Å². The Kier molecular flexibility index (Phi) is 3.26. The molecule has 2 rings (SSSR count). The van der Waals surface area contributed by atoms with Crippen LogP contribution in [0.15, 0.2) is 18.2 Å². The lowest BCUT2D eigenvalue weighted by Crippen LogP contribution is -2.25. The monoisotopic (exact) mass is 237 g/mol. The summed E-state index contributed by atoms with van der Waals surface area (Å²) >= 11 is 1.61. The molecule has 0 unspecified atom stereocenters. The standard InChI is InChI=1S/C11H15N3OS/c1-2-14(5-6-15)11-13-9-4-3-8(12)7-10(9)16-11/h3-4,7,15H,2,5-6,12H2,1H3. The van der Waals surface area contributed by atoms with E-state index in [4.69, 9.17) is 10.8 Å². The number of benzene rings is 1. The SMILES string of the molecule is CCN(CCO)c1nc2ccc(N)cc2s1. The number of aliphatic hydroxyl groups is 1. The minimum atomic E-state index is 0.145. The largest absolute Gasteiger partial charge is 0.399 e. The van der Waals surface area contributed by atoms with Gasteiger partial charge in [0.05, 0.1) is 16.8 Å². The highest BCUT2D eigenvalue weighted by molar-refractivity contribution is 7.22. The van der Waals surface area contributed by atoms with E-state index in [1.165, 1.54) is 0 Å². The van der Waals surface area contributed by atoms with Gasteiger partial charge < -0.3 is 15.7 Å². The van der Waals surface area contributed by atoms with Crippen molar-refractivity contribution in [3.8, 4) is 0 Å². The van der Waals surface area contributed by atoms with Crippen molar-refractivity contribution in [2.24, 2.45) is 0 Å². The van der Waals surface area contributed by atoms with E-state index in [-0.39, 0.29) is 6.61 Å². The molecule has 1 aromatic heterocycles. The number of nitrogens with two attached hydrogens (primary N) is 1. The van der Waals surface area contributed by atoms with Gasteiger partial charge in [0, 0.05) is 18.8 Å². The average Bonchev–Trinajstić information content (AvgIpc) is 2.68. The van der Waals surface area contributed by atoms with Crippen molar-refractivity contribution >= 4 is 32.4 Å². The lowest BCUT2D eigenvalue weighted by molar-refractivity contribution is 0.302. The van der Waals surface area contributed by atoms with E-state index in [2.05, 4.69) is 16.8 Å². The van der Waals surface area contributed by atoms with Crippen molar-refractivity contribution in [1.82, 2.24) is 4.98 Å². The number of likely N-dealkylation sites (N-methyl/N-ethyl adjacent to an activating group) is 1. The molecule has 0 aliphatic rings. The summed E-state index contributed by atoms with van der Waals surface area (Å²) in [5.74, 6) is 0. The second kappa shape index (κ2) is 4.67. The fourth-order valence-electron chi connectivity index (χ4n) is 1.57. The number of rotatable bonds is 4. The molecule has 0 bridgehead atoms. The van der Waals surface area contributed by atoms with Crippen LogP contribution >= 0.6 is 11.3 Å². The maximum absolute atomic E-state index is 8.96. The summed E-state index contributed by atoms with van der Waals surface area (Å²) in [6, 6.07) is 5.72. The Balaban J connectivity index is 2.37. The van der Waals surface area contributed by atoms with E-state index in [1.807, 2.05) is 18.2 Å². The van der Waals surface area contributed by atoms with Crippen LogP contribution in [0.25, 0.3) is 10.2 Å². The average molecular weight is 237 g/mol. The number of nitrogens with zero attached hydrogens (tertiary/aromatic N) is 2. The van der Waals surface area contributed by atoms with Crippen molar-refractivity contribution < 1.29 is 5.11 Å². The number of anilines is 2. The zero-order valence-electron chi connectivity index (χ0n) is 9.18. The van der Waals surface area contributed by atoms with Gasteiger partial charge in [-0.05, 0) is 25.1 Å². The van der Waals surface area contributed by atoms with Gasteiger partial charge in [-0.1, -0.05) is 11.3 Å². The predicted octanol–water partition coefficient (Wildman–Crippen LogP) is 1.70. The maximum Gasteiger partial charge on any atom is 0.186 e. The molecule has 0 saturated carbocycles. The quantitative estimate of drug-likeness (QED) is 0.794. The molecule has 0 saturated heterocycles. The van der Waals surface area contributed by atoms with Crippen LogP contribution in [0.5, 0.6) is 0 Å². The summed E-state index contributed by atoms with van der Waals surface area (Å²) in [7, 11) is 0. The molecule has 86 valence electrons. The second-order valence-corrected chi connectivity index (χ2v) is 4.54. The highest BCUT2D eigenvalue weighted by atomic mass is 32.1. The first-order chi connectivity index (χ1) is 7.74. The minimum absolute atomic E-state index is 0.145. The van der Waals surface area contributed by atoms with Crippen LogP contribution in [-0.4, -0.2) is 29.8 Å². The third kappa shape index (κ3) is 2.10. The molecule has 3 N–H and O–H groups in total. The molecule has 0 spiro atoms. The molecule has 0 amide bonds. The third-order valence-electron chi connectivity index (χ3n) is 2.42. The Morgan fingerprint density at radius 2 is 2.31 bits per heavy atom. The first kappa shape index (κ1) is 11.2. The van der Waals surface area contributed by atoms with Crippen molar-refractivity contribution in [2.45, 2.75) is 6.92 Å². The number of aromatic nitrogens is 1. The van der Waals surface area contributed by atoms with E-state index < -0.39 is 0 Å². The van der Waals surface area contributed by atoms with E-state index in [9.17, 15) is 0 Å². The van der Waals surface area contributed by atoms with Gasteiger partial charge in [-0.25, -0.2) is 4.98 Å². The Bertz CT molecular complexity index is 483. The molecule has 0 radical (unpaired) electrons. The molecular formula is C11H15N3OS. The highest BCUT2D eigenvalue weighted by Gasteiger charge is 2.09. The molecule has 5 heteroatoms. The van der Waals surface area contributed by atoms with E-state index in [0.29, 0.717) is 6.54 Å². The number of fused-ring (bicyclic) bond motifs is 1. The number of thiazole rings is 1. The van der Waals surface area contributed by atoms with E-state index in [0.717, 1.165) is 27.6 Å². The molecular weight excluding hydrogens is 222 g/mol. The van der Waals surface area contributed by atoms with E-state index in [1.54, 1.807) is 11.3 Å². The number of nitrogen functional groups attached to an aromatic ring is 1. The highest BCUT2D eigenvalue weighted by Crippen LogP contribution is 2.29. The number of aliphatic hydroxyl groups excluding tert-OH is 1. The lowest BCUT2D eigenvalue weighted by Gasteiger charge is -2.17. The second-order valence-electron chi connectivity index (χ2n) is 3.53. The molecule has 2 aromatic rings. The zero-order chi connectivity index (χ0) is 11.5. The van der Waals surface area contributed by atoms with Crippen LogP contribution in [0.1, 0.15) is 6.92 Å². The van der Waals surface area contributed by atoms with Gasteiger partial charge in [0.1, 0.15) is 0 Å². The van der Waals surface area contributed by atoms with Crippen LogP contribution in [-0.2, 0) is 0 Å². The van der Waals surface area contributed by atoms with Crippen LogP contribution in [0, 0.1) is 0 Å². The van der Waals surface area contributed by atoms with Crippen molar-refractivity contribution in [1.29, 1.82) is 0 Å². The predicted molar refractivity (Wildman–Crippen MR) is 69.0 cm³/mol. The third-order valence-corrected chi connectivity index (χ3v) is 3.50. The fourth-order valence-corrected chi connectivity index (χ4v) is 2.68. The van der Waals surface area contributed by atoms with Gasteiger partial charge in [0.25, 0.3) is 0 Å². The normalized spacial score (nSPS) is 10.9. The number of hydrogen-bond acceptors (Lipinski definition) is 5. The smallest absolute Gasteiger partial charge is 0.186 e. The molecule has 1 heterocycles. The Labute approximate surface area is 98.3 Å². The summed E-state index contributed by atoms with van der Waals surface area (Å²) in [6.45, 7) is 3.66. The minimum Gasteiger partial charge on any atom is -0.399 e. The van der Waals surface area contributed by atoms with Gasteiger partial charge in [0.15, 0.2) is 5.13 Å². The zero-order valence-corrected chi connectivity index (χ0v) is 10.00. The summed E-state index contributed by atoms with van der Waals surface area (Å²) < 4.78 is 1.09. The first-order valence-corrected chi connectivity index (χ1v) is 6.08. The van der Waals surface area contributed by atoms with Crippen molar-refractivity contribution in [3.63, 3.8) is 0 Å². The summed E-state index contributed by atoms with van der Waals surface area (Å²) in [5, 5.41) is 9.91. The molecule has 16 heavy (non-hydrogen) atoms. The van der Waals surface area contributed by atoms with Crippen LogP contribution in [0.2, 0.25) is 0 Å². The Morgan fingerprint density at radius 3 is 3.00 bits per heavy atom. The van der Waals surface area contributed by atoms with Gasteiger partial charge in [0.2, 0.25) is 0 Å². The van der Waals surface area contributed by atoms with Crippen molar-refractivity contribution in [3.05, 3.63) is 18.2 Å². The maximum atomic E-state index is 8.96. The summed E-state index contributed by atoms with van der Waals surface area (Å²) in [5.41, 5.74) is 7.45. The van der Waals surface area contributed by atoms with Gasteiger partial charge in [-0.15, -0.1) is 0 Å². The molecule has 0 aliphatic carbocycles. The molecule has 4 nitrogen and oxygen atoms in total. The lowest BCUT2D eigenvalue weighted by atomic mass is 10.3. The molecule has 0 fully saturated rings. The van der Waals surface area contributed by atoms with Gasteiger partial charge in [-0.2, -0.15) is 0 Å². The van der Waals surface area contributed by atoms with Gasteiger partial charge >= 0.3 is 0 Å². The summed E-state index contributed by atoms with van der Waals surface area (Å²) in [6.07, 6.45) is 0. The van der Waals surface area contributed by atoms with Gasteiger partial charge in [-0.3, -0.25) is 0 Å². The van der Waals surface area contributed by atoms with Crippen LogP contribution in [0.3, 0.4) is 0 Å². The molecule has 0 atom stereocenters. The Hall–Kier alpha value is -1.33.